The second kappa shape index (κ2) is 7.62. The average molecular weight is 414 g/mol. The number of likely N-dealkylation sites (tertiary alicyclic amines) is 1. The predicted octanol–water partition coefficient (Wildman–Crippen LogP) is 3.98. The van der Waals surface area contributed by atoms with Gasteiger partial charge in [-0.1, -0.05) is 11.6 Å². The van der Waals surface area contributed by atoms with Gasteiger partial charge in [-0.15, -0.1) is 0 Å². The molecule has 3 heterocycles. The molecule has 152 valence electrons. The number of halogens is 3. The van der Waals surface area contributed by atoms with E-state index in [-0.39, 0.29) is 30.6 Å². The van der Waals surface area contributed by atoms with Crippen LogP contribution in [0.5, 0.6) is 0 Å². The van der Waals surface area contributed by atoms with Crippen LogP contribution in [0, 0.1) is 5.92 Å². The third-order valence-corrected chi connectivity index (χ3v) is 4.54. The molecule has 1 saturated heterocycles. The van der Waals surface area contributed by atoms with Gasteiger partial charge in [-0.3, -0.25) is 4.98 Å². The molecule has 0 spiro atoms. The van der Waals surface area contributed by atoms with Crippen LogP contribution < -0.4 is 5.32 Å². The van der Waals surface area contributed by atoms with Gasteiger partial charge in [-0.2, -0.15) is 0 Å². The number of anilines is 1. The first-order chi connectivity index (χ1) is 13.0. The highest BCUT2D eigenvalue weighted by Gasteiger charge is 2.45. The van der Waals surface area contributed by atoms with Crippen LogP contribution >= 0.6 is 11.6 Å². The lowest BCUT2D eigenvalue weighted by molar-refractivity contribution is -0.100. The summed E-state index contributed by atoms with van der Waals surface area (Å²) in [5, 5.41) is 3.09. The summed E-state index contributed by atoms with van der Waals surface area (Å²) in [5.74, 6) is -3.76. The first-order valence-corrected chi connectivity index (χ1v) is 9.30. The van der Waals surface area contributed by atoms with Gasteiger partial charge in [0.15, 0.2) is 5.82 Å². The fraction of sp³-hybridized carbons (Fsp3) is 0.556. The van der Waals surface area contributed by atoms with E-state index in [0.29, 0.717) is 11.0 Å². The highest BCUT2D eigenvalue weighted by molar-refractivity contribution is 6.30. The third-order valence-electron chi connectivity index (χ3n) is 4.35. The molecule has 28 heavy (non-hydrogen) atoms. The molecular weight excluding hydrogens is 392 g/mol. The maximum absolute atomic E-state index is 14.4. The molecule has 1 aliphatic heterocycles. The SMILES string of the molecule is CC(C)(C)OC(=O)N1CCC(F)(F)[C@@H](CNc2nc(Cl)cc3nccnc23)C1. The second-order valence-electron chi connectivity index (χ2n) is 7.73. The number of piperidine rings is 1. The van der Waals surface area contributed by atoms with Crippen molar-refractivity contribution in [2.24, 2.45) is 5.92 Å². The molecule has 2 aromatic heterocycles. The number of aromatic nitrogens is 3. The van der Waals surface area contributed by atoms with E-state index in [2.05, 4.69) is 20.3 Å². The Balaban J connectivity index is 1.74. The van der Waals surface area contributed by atoms with Crippen LogP contribution in [0.4, 0.5) is 19.4 Å². The molecule has 7 nitrogen and oxygen atoms in total. The Morgan fingerprint density at radius 3 is 2.82 bits per heavy atom. The zero-order valence-electron chi connectivity index (χ0n) is 15.9. The molecule has 0 saturated carbocycles. The van der Waals surface area contributed by atoms with Gasteiger partial charge in [-0.05, 0) is 20.8 Å². The van der Waals surface area contributed by atoms with Gasteiger partial charge in [0.25, 0.3) is 5.92 Å². The summed E-state index contributed by atoms with van der Waals surface area (Å²) in [6, 6.07) is 1.55. The van der Waals surface area contributed by atoms with Crippen LogP contribution in [-0.4, -0.2) is 57.1 Å². The van der Waals surface area contributed by atoms with Gasteiger partial charge in [0.2, 0.25) is 0 Å². The van der Waals surface area contributed by atoms with E-state index in [0.717, 1.165) is 0 Å². The zero-order valence-corrected chi connectivity index (χ0v) is 16.6. The zero-order chi connectivity index (χ0) is 20.5. The number of hydrogen-bond acceptors (Lipinski definition) is 6. The first kappa shape index (κ1) is 20.4. The van der Waals surface area contributed by atoms with E-state index in [4.69, 9.17) is 16.3 Å². The lowest BCUT2D eigenvalue weighted by Gasteiger charge is -2.38. The van der Waals surface area contributed by atoms with E-state index < -0.39 is 30.0 Å². The molecule has 0 radical (unpaired) electrons. The lowest BCUT2D eigenvalue weighted by atomic mass is 9.93. The van der Waals surface area contributed by atoms with Crippen LogP contribution in [0.1, 0.15) is 27.2 Å². The molecule has 1 N–H and O–H groups in total. The van der Waals surface area contributed by atoms with E-state index in [1.165, 1.54) is 17.3 Å². The number of nitrogens with one attached hydrogen (secondary N) is 1. The first-order valence-electron chi connectivity index (χ1n) is 8.92. The van der Waals surface area contributed by atoms with Crippen molar-refractivity contribution in [1.29, 1.82) is 0 Å². The number of pyridine rings is 1. The monoisotopic (exact) mass is 413 g/mol. The van der Waals surface area contributed by atoms with Gasteiger partial charge in [0.1, 0.15) is 16.3 Å². The Labute approximate surface area is 166 Å². The third kappa shape index (κ3) is 4.76. The minimum Gasteiger partial charge on any atom is -0.444 e. The molecular formula is C18H22ClF2N5O2. The number of amides is 1. The maximum Gasteiger partial charge on any atom is 0.410 e. The van der Waals surface area contributed by atoms with Crippen molar-refractivity contribution < 1.29 is 18.3 Å². The van der Waals surface area contributed by atoms with Crippen molar-refractivity contribution in [1.82, 2.24) is 19.9 Å². The molecule has 0 aromatic carbocycles. The minimum absolute atomic E-state index is 0.0533. The van der Waals surface area contributed by atoms with Gasteiger partial charge < -0.3 is 15.0 Å². The lowest BCUT2D eigenvalue weighted by Crippen LogP contribution is -2.52. The number of carbonyl (C=O) groups is 1. The number of carbonyl (C=O) groups excluding carboxylic acids is 1. The number of nitrogens with zero attached hydrogens (tertiary/aromatic N) is 4. The summed E-state index contributed by atoms with van der Waals surface area (Å²) in [6.45, 7) is 4.92. The van der Waals surface area contributed by atoms with Crippen molar-refractivity contribution in [2.75, 3.05) is 25.0 Å². The number of rotatable bonds is 3. The summed E-state index contributed by atoms with van der Waals surface area (Å²) >= 11 is 5.99. The van der Waals surface area contributed by atoms with Crippen molar-refractivity contribution in [3.05, 3.63) is 23.6 Å². The predicted molar refractivity (Wildman–Crippen MR) is 102 cm³/mol. The second-order valence-corrected chi connectivity index (χ2v) is 8.12. The van der Waals surface area contributed by atoms with Crippen LogP contribution in [-0.2, 0) is 4.74 Å². The van der Waals surface area contributed by atoms with Crippen molar-refractivity contribution >= 4 is 34.5 Å². The largest absolute Gasteiger partial charge is 0.444 e. The Morgan fingerprint density at radius 1 is 1.39 bits per heavy atom. The summed E-state index contributed by atoms with van der Waals surface area (Å²) < 4.78 is 34.2. The molecule has 1 aliphatic rings. The summed E-state index contributed by atoms with van der Waals surface area (Å²) in [7, 11) is 0. The van der Waals surface area contributed by atoms with Crippen LogP contribution in [0.3, 0.4) is 0 Å². The summed E-state index contributed by atoms with van der Waals surface area (Å²) in [5.41, 5.74) is 0.262. The number of fused-ring (bicyclic) bond motifs is 1. The Hall–Kier alpha value is -2.29. The standard InChI is InChI=1S/C18H22ClF2N5O2/c1-17(2,3)28-16(27)26-7-4-18(20,21)11(10-26)9-24-15-14-12(8-13(19)25-15)22-5-6-23-14/h5-6,8,11H,4,7,9-10H2,1-3H3,(H,24,25)/t11-/m0/s1. The topological polar surface area (TPSA) is 80.2 Å². The van der Waals surface area contributed by atoms with E-state index in [1.807, 2.05) is 0 Å². The molecule has 0 bridgehead atoms. The van der Waals surface area contributed by atoms with Gasteiger partial charge in [-0.25, -0.2) is 23.5 Å². The molecule has 1 fully saturated rings. The Kier molecular flexibility index (Phi) is 5.56. The van der Waals surface area contributed by atoms with Crippen LogP contribution in [0.15, 0.2) is 18.5 Å². The highest BCUT2D eigenvalue weighted by atomic mass is 35.5. The number of ether oxygens (including phenoxy) is 1. The normalized spacial score (nSPS) is 19.5. The number of hydrogen-bond donors (Lipinski definition) is 1. The molecule has 1 atom stereocenters. The van der Waals surface area contributed by atoms with E-state index >= 15 is 0 Å². The Morgan fingerprint density at radius 2 is 2.11 bits per heavy atom. The smallest absolute Gasteiger partial charge is 0.410 e. The van der Waals surface area contributed by atoms with E-state index in [1.54, 1.807) is 26.8 Å². The van der Waals surface area contributed by atoms with Crippen molar-refractivity contribution in [3.8, 4) is 0 Å². The number of alkyl halides is 2. The quantitative estimate of drug-likeness (QED) is 0.766. The molecule has 0 unspecified atom stereocenters. The molecule has 3 rings (SSSR count). The molecule has 1 amide bonds. The van der Waals surface area contributed by atoms with Gasteiger partial charge in [0, 0.05) is 44.5 Å². The average Bonchev–Trinajstić information content (AvgIpc) is 2.58. The van der Waals surface area contributed by atoms with Crippen LogP contribution in [0.2, 0.25) is 5.15 Å². The molecule has 0 aliphatic carbocycles. The highest BCUT2D eigenvalue weighted by Crippen LogP contribution is 2.34. The van der Waals surface area contributed by atoms with Crippen molar-refractivity contribution in [2.45, 2.75) is 38.7 Å². The fourth-order valence-corrected chi connectivity index (χ4v) is 3.16. The van der Waals surface area contributed by atoms with E-state index in [9.17, 15) is 13.6 Å². The summed E-state index contributed by atoms with van der Waals surface area (Å²) in [6.07, 6.45) is 1.98. The Bertz CT molecular complexity index is 875. The van der Waals surface area contributed by atoms with Gasteiger partial charge >= 0.3 is 6.09 Å². The molecule has 2 aromatic rings. The van der Waals surface area contributed by atoms with Crippen molar-refractivity contribution in [3.63, 3.8) is 0 Å². The fourth-order valence-electron chi connectivity index (χ4n) is 2.97. The maximum atomic E-state index is 14.4. The van der Waals surface area contributed by atoms with Gasteiger partial charge in [0.05, 0.1) is 11.4 Å². The summed E-state index contributed by atoms with van der Waals surface area (Å²) in [4.78, 5) is 26.0. The molecule has 10 heteroatoms. The van der Waals surface area contributed by atoms with Crippen LogP contribution in [0.25, 0.3) is 11.0 Å². The minimum atomic E-state index is -2.93.